The van der Waals surface area contributed by atoms with E-state index in [1.807, 2.05) is 0 Å². The Kier molecular flexibility index (Phi) is 1.96. The Labute approximate surface area is 53.1 Å². The maximum absolute atomic E-state index is 5.27. The van der Waals surface area contributed by atoms with Crippen LogP contribution in [0, 0.1) is 18.9 Å². The van der Waals surface area contributed by atoms with Crippen molar-refractivity contribution in [2.45, 2.75) is 0 Å². The van der Waals surface area contributed by atoms with Crippen LogP contribution in [0.2, 0.25) is 0 Å². The smallest absolute Gasteiger partial charge is 0.173 e. The molecule has 0 spiro atoms. The van der Waals surface area contributed by atoms with Gasteiger partial charge in [-0.05, 0) is 0 Å². The molecule has 1 heterocycles. The zero-order chi connectivity index (χ0) is 6.85. The maximum Gasteiger partial charge on any atom is 0.173 e. The van der Waals surface area contributed by atoms with Gasteiger partial charge in [-0.1, -0.05) is 0 Å². The van der Waals surface area contributed by atoms with Crippen molar-refractivity contribution in [1.29, 1.82) is 0 Å². The minimum atomic E-state index is 0.323. The topological polar surface area (TPSA) is 114 Å². The molecular weight excluding hydrogens is 120 g/mol. The summed E-state index contributed by atoms with van der Waals surface area (Å²) in [5.74, 6) is 0. The fourth-order valence-corrected chi connectivity index (χ4v) is 0.529. The fourth-order valence-electron chi connectivity index (χ4n) is 0.529. The Bertz CT molecular complexity index is 69.3. The summed E-state index contributed by atoms with van der Waals surface area (Å²) < 4.78 is 0. The van der Waals surface area contributed by atoms with Gasteiger partial charge in [0.05, 0.1) is 0 Å². The van der Waals surface area contributed by atoms with Gasteiger partial charge in [0.15, 0.2) is 18.9 Å². The summed E-state index contributed by atoms with van der Waals surface area (Å²) in [6.45, 7) is 0. The third kappa shape index (κ3) is 1.86. The van der Waals surface area contributed by atoms with Crippen LogP contribution in [-0.4, -0.2) is 0 Å². The van der Waals surface area contributed by atoms with Crippen LogP contribution in [0.15, 0.2) is 0 Å². The highest BCUT2D eigenvalue weighted by atomic mass is 15.5. The molecule has 0 saturated carbocycles. The highest BCUT2D eigenvalue weighted by Crippen LogP contribution is 1.94. The van der Waals surface area contributed by atoms with Crippen LogP contribution in [0.25, 0.3) is 0 Å². The molecule has 0 aromatic rings. The molecule has 0 aromatic heterocycles. The maximum atomic E-state index is 5.27. The molecule has 6 heteroatoms. The molecule has 0 aliphatic carbocycles. The summed E-state index contributed by atoms with van der Waals surface area (Å²) in [7, 11) is 0. The van der Waals surface area contributed by atoms with Crippen molar-refractivity contribution < 1.29 is 0 Å². The molecule has 0 bridgehead atoms. The molecule has 1 aliphatic rings. The lowest BCUT2D eigenvalue weighted by Gasteiger charge is -2.29. The van der Waals surface area contributed by atoms with Gasteiger partial charge in [-0.3, -0.25) is 17.2 Å². The van der Waals surface area contributed by atoms with Crippen molar-refractivity contribution in [2.75, 3.05) is 0 Å². The Morgan fingerprint density at radius 1 is 0.667 bits per heavy atom. The molecule has 0 atom stereocenters. The molecule has 6 nitrogen and oxygen atoms in total. The zero-order valence-corrected chi connectivity index (χ0v) is 4.73. The van der Waals surface area contributed by atoms with E-state index in [9.17, 15) is 0 Å². The predicted molar refractivity (Wildman–Crippen MR) is 31.7 cm³/mol. The van der Waals surface area contributed by atoms with Crippen molar-refractivity contribution in [2.24, 2.45) is 17.2 Å². The van der Waals surface area contributed by atoms with E-state index in [1.165, 1.54) is 0 Å². The average Bonchev–Trinajstić information content (AvgIpc) is 1.59. The fraction of sp³-hybridized carbons (Fsp3) is 0. The molecule has 0 aromatic carbocycles. The number of hydrogen-bond donors (Lipinski definition) is 6. The van der Waals surface area contributed by atoms with E-state index < -0.39 is 0 Å². The summed E-state index contributed by atoms with van der Waals surface area (Å²) in [4.78, 5) is 0. The molecule has 1 fully saturated rings. The van der Waals surface area contributed by atoms with E-state index in [0.717, 1.165) is 0 Å². The quantitative estimate of drug-likeness (QED) is 0.207. The minimum absolute atomic E-state index is 0.323. The second kappa shape index (κ2) is 2.56. The summed E-state index contributed by atoms with van der Waals surface area (Å²) in [6, 6.07) is 0. The average molecular weight is 129 g/mol. The second-order valence-corrected chi connectivity index (χ2v) is 1.62. The highest BCUT2D eigenvalue weighted by molar-refractivity contribution is 5.02. The van der Waals surface area contributed by atoms with Crippen molar-refractivity contribution in [3.05, 3.63) is 18.9 Å². The van der Waals surface area contributed by atoms with E-state index in [0.29, 0.717) is 18.9 Å². The first-order valence-corrected chi connectivity index (χ1v) is 2.37. The van der Waals surface area contributed by atoms with Gasteiger partial charge in [0.25, 0.3) is 0 Å². The molecule has 1 saturated heterocycles. The van der Waals surface area contributed by atoms with Crippen molar-refractivity contribution in [1.82, 2.24) is 16.0 Å². The van der Waals surface area contributed by atoms with Crippen LogP contribution in [0.5, 0.6) is 0 Å². The third-order valence-corrected chi connectivity index (χ3v) is 0.808. The lowest BCUT2D eigenvalue weighted by atomic mass is 10.6. The van der Waals surface area contributed by atoms with E-state index in [-0.39, 0.29) is 0 Å². The van der Waals surface area contributed by atoms with Gasteiger partial charge in [0, 0.05) is 0 Å². The monoisotopic (exact) mass is 129 g/mol. The van der Waals surface area contributed by atoms with Crippen molar-refractivity contribution >= 4 is 0 Å². The van der Waals surface area contributed by atoms with Gasteiger partial charge in [-0.2, -0.15) is 0 Å². The first kappa shape index (κ1) is 6.87. The van der Waals surface area contributed by atoms with Gasteiger partial charge >= 0.3 is 0 Å². The van der Waals surface area contributed by atoms with Gasteiger partial charge < -0.3 is 0 Å². The second-order valence-electron chi connectivity index (χ2n) is 1.62. The molecule has 1 aliphatic heterocycles. The standard InChI is InChI=1S/C3H9N6/c4-1-7-2(5)9-3(6)8-1/h7-9H,4-6H2. The lowest BCUT2D eigenvalue weighted by molar-refractivity contribution is 0.421. The van der Waals surface area contributed by atoms with Crippen LogP contribution in [0.1, 0.15) is 0 Å². The summed E-state index contributed by atoms with van der Waals surface area (Å²) in [5.41, 5.74) is 15.8. The number of hydrogen-bond acceptors (Lipinski definition) is 6. The summed E-state index contributed by atoms with van der Waals surface area (Å²) >= 11 is 0. The van der Waals surface area contributed by atoms with Gasteiger partial charge in [0.1, 0.15) is 0 Å². The lowest BCUT2D eigenvalue weighted by Crippen LogP contribution is -2.63. The molecule has 51 valence electrons. The normalized spacial score (nSPS) is 27.0. The number of rotatable bonds is 0. The number of nitrogens with one attached hydrogen (secondary N) is 3. The Morgan fingerprint density at radius 2 is 0.889 bits per heavy atom. The summed E-state index contributed by atoms with van der Waals surface area (Å²) in [6.07, 6.45) is 0.969. The first-order chi connectivity index (χ1) is 4.18. The highest BCUT2D eigenvalue weighted by Gasteiger charge is 2.21. The van der Waals surface area contributed by atoms with Crippen LogP contribution in [0.4, 0.5) is 0 Å². The van der Waals surface area contributed by atoms with Crippen LogP contribution >= 0.6 is 0 Å². The van der Waals surface area contributed by atoms with Crippen LogP contribution < -0.4 is 33.2 Å². The summed E-state index contributed by atoms with van der Waals surface area (Å²) in [5, 5.41) is 7.73. The molecule has 9 N–H and O–H groups in total. The van der Waals surface area contributed by atoms with Crippen molar-refractivity contribution in [3.8, 4) is 0 Å². The van der Waals surface area contributed by atoms with E-state index in [2.05, 4.69) is 16.0 Å². The van der Waals surface area contributed by atoms with Crippen LogP contribution in [0.3, 0.4) is 0 Å². The van der Waals surface area contributed by atoms with Crippen molar-refractivity contribution in [3.63, 3.8) is 0 Å². The van der Waals surface area contributed by atoms with Gasteiger partial charge in [-0.15, -0.1) is 0 Å². The van der Waals surface area contributed by atoms with E-state index in [4.69, 9.17) is 17.2 Å². The Morgan fingerprint density at radius 3 is 1.11 bits per heavy atom. The third-order valence-electron chi connectivity index (χ3n) is 0.808. The van der Waals surface area contributed by atoms with E-state index >= 15 is 0 Å². The van der Waals surface area contributed by atoms with Crippen LogP contribution in [-0.2, 0) is 0 Å². The molecule has 9 heavy (non-hydrogen) atoms. The zero-order valence-electron chi connectivity index (χ0n) is 4.73. The van der Waals surface area contributed by atoms with E-state index in [1.54, 1.807) is 0 Å². The Balaban J connectivity index is 2.34. The largest absolute Gasteiger partial charge is 0.297 e. The number of nitrogens with two attached hydrogens (primary N) is 3. The SMILES string of the molecule is N[C]1N[C](N)N[C](N)N1. The molecule has 3 radical (unpaired) electrons. The molecular formula is C3H9N6. The molecule has 0 unspecified atom stereocenters. The minimum Gasteiger partial charge on any atom is -0.297 e. The predicted octanol–water partition coefficient (Wildman–Crippen LogP) is -3.01. The Hall–Kier alpha value is -0.240. The molecule has 1 rings (SSSR count). The first-order valence-electron chi connectivity index (χ1n) is 2.37. The van der Waals surface area contributed by atoms with Gasteiger partial charge in [0.2, 0.25) is 0 Å². The molecule has 0 amide bonds. The van der Waals surface area contributed by atoms with Gasteiger partial charge in [-0.25, -0.2) is 16.0 Å².